The first-order valence-corrected chi connectivity index (χ1v) is 7.64. The third-order valence-corrected chi connectivity index (χ3v) is 4.34. The number of alkyl halides is 3. The molecule has 134 valence electrons. The van der Waals surface area contributed by atoms with Crippen molar-refractivity contribution in [2.24, 2.45) is 5.73 Å². The summed E-state index contributed by atoms with van der Waals surface area (Å²) in [6.45, 7) is 0.556. The van der Waals surface area contributed by atoms with Crippen LogP contribution in [0, 0.1) is 0 Å². The SMILES string of the molecule is Cl.N[C@@H]1CN(C(=O)c2ccccc2C(F)(F)F)C[C@H]1c1ccccc1. The van der Waals surface area contributed by atoms with Gasteiger partial charge in [0.2, 0.25) is 0 Å². The summed E-state index contributed by atoms with van der Waals surface area (Å²) in [7, 11) is 0. The number of hydrogen-bond donors (Lipinski definition) is 1. The Morgan fingerprint density at radius 2 is 1.60 bits per heavy atom. The molecule has 1 amide bonds. The monoisotopic (exact) mass is 370 g/mol. The Bertz CT molecular complexity index is 737. The molecule has 2 aromatic carbocycles. The minimum Gasteiger partial charge on any atom is -0.336 e. The van der Waals surface area contributed by atoms with E-state index in [1.165, 1.54) is 23.1 Å². The van der Waals surface area contributed by atoms with Crippen LogP contribution >= 0.6 is 12.4 Å². The molecular formula is C18H18ClF3N2O. The van der Waals surface area contributed by atoms with E-state index in [-0.39, 0.29) is 36.5 Å². The predicted molar refractivity (Wildman–Crippen MR) is 91.8 cm³/mol. The quantitative estimate of drug-likeness (QED) is 0.876. The summed E-state index contributed by atoms with van der Waals surface area (Å²) in [5.74, 6) is -0.704. The molecule has 0 saturated carbocycles. The molecule has 25 heavy (non-hydrogen) atoms. The minimum absolute atomic E-state index is 0. The smallest absolute Gasteiger partial charge is 0.336 e. The number of halogens is 4. The third kappa shape index (κ3) is 3.96. The van der Waals surface area contributed by atoms with Gasteiger partial charge >= 0.3 is 6.18 Å². The fourth-order valence-corrected chi connectivity index (χ4v) is 3.13. The maximum Gasteiger partial charge on any atom is 0.417 e. The van der Waals surface area contributed by atoms with Gasteiger partial charge in [-0.15, -0.1) is 12.4 Å². The third-order valence-electron chi connectivity index (χ3n) is 4.34. The molecule has 0 radical (unpaired) electrons. The van der Waals surface area contributed by atoms with Gasteiger partial charge in [0.25, 0.3) is 5.91 Å². The molecule has 0 spiro atoms. The van der Waals surface area contributed by atoms with Crippen LogP contribution in [0.15, 0.2) is 54.6 Å². The van der Waals surface area contributed by atoms with E-state index >= 15 is 0 Å². The molecule has 3 rings (SSSR count). The highest BCUT2D eigenvalue weighted by molar-refractivity contribution is 5.96. The van der Waals surface area contributed by atoms with Crippen LogP contribution in [0.4, 0.5) is 13.2 Å². The van der Waals surface area contributed by atoms with Crippen LogP contribution < -0.4 is 5.73 Å². The molecule has 1 aliphatic heterocycles. The number of carbonyl (C=O) groups excluding carboxylic acids is 1. The number of nitrogens with two attached hydrogens (primary N) is 1. The zero-order valence-corrected chi connectivity index (χ0v) is 14.1. The van der Waals surface area contributed by atoms with Crippen LogP contribution in [0.1, 0.15) is 27.4 Å². The Morgan fingerprint density at radius 1 is 1.00 bits per heavy atom. The van der Waals surface area contributed by atoms with Crippen molar-refractivity contribution in [2.45, 2.75) is 18.1 Å². The van der Waals surface area contributed by atoms with Crippen molar-refractivity contribution in [1.29, 1.82) is 0 Å². The second-order valence-corrected chi connectivity index (χ2v) is 5.93. The van der Waals surface area contributed by atoms with Crippen molar-refractivity contribution in [3.05, 3.63) is 71.3 Å². The van der Waals surface area contributed by atoms with Crippen LogP contribution in [0.3, 0.4) is 0 Å². The molecular weight excluding hydrogens is 353 g/mol. The van der Waals surface area contributed by atoms with E-state index < -0.39 is 17.6 Å². The van der Waals surface area contributed by atoms with Crippen molar-refractivity contribution in [2.75, 3.05) is 13.1 Å². The molecule has 2 N–H and O–H groups in total. The first-order chi connectivity index (χ1) is 11.4. The molecule has 0 bridgehead atoms. The van der Waals surface area contributed by atoms with Gasteiger partial charge in [0.1, 0.15) is 0 Å². The van der Waals surface area contributed by atoms with E-state index in [0.717, 1.165) is 11.6 Å². The number of nitrogens with zero attached hydrogens (tertiary/aromatic N) is 1. The molecule has 3 nitrogen and oxygen atoms in total. The van der Waals surface area contributed by atoms with E-state index in [9.17, 15) is 18.0 Å². The van der Waals surface area contributed by atoms with Crippen molar-refractivity contribution < 1.29 is 18.0 Å². The van der Waals surface area contributed by atoms with Gasteiger partial charge in [-0.05, 0) is 17.7 Å². The highest BCUT2D eigenvalue weighted by atomic mass is 35.5. The van der Waals surface area contributed by atoms with Crippen molar-refractivity contribution in [3.63, 3.8) is 0 Å². The normalized spacial score (nSPS) is 20.2. The summed E-state index contributed by atoms with van der Waals surface area (Å²) in [5, 5.41) is 0. The number of amides is 1. The largest absolute Gasteiger partial charge is 0.417 e. The Labute approximate surface area is 150 Å². The second kappa shape index (κ2) is 7.45. The Kier molecular flexibility index (Phi) is 5.75. The molecule has 1 aliphatic rings. The molecule has 2 aromatic rings. The van der Waals surface area contributed by atoms with Gasteiger partial charge in [-0.25, -0.2) is 0 Å². The lowest BCUT2D eigenvalue weighted by Crippen LogP contribution is -2.33. The first kappa shape index (κ1) is 19.3. The number of likely N-dealkylation sites (tertiary alicyclic amines) is 1. The predicted octanol–water partition coefficient (Wildman–Crippen LogP) is 3.69. The summed E-state index contributed by atoms with van der Waals surface area (Å²) in [4.78, 5) is 14.0. The number of benzene rings is 2. The van der Waals surface area contributed by atoms with Crippen LogP contribution in [0.25, 0.3) is 0 Å². The van der Waals surface area contributed by atoms with E-state index in [1.54, 1.807) is 0 Å². The summed E-state index contributed by atoms with van der Waals surface area (Å²) in [6, 6.07) is 14.0. The average Bonchev–Trinajstić information content (AvgIpc) is 2.96. The Balaban J connectivity index is 0.00000225. The molecule has 1 fully saturated rings. The number of rotatable bonds is 2. The van der Waals surface area contributed by atoms with Gasteiger partial charge in [0.15, 0.2) is 0 Å². The van der Waals surface area contributed by atoms with Gasteiger partial charge in [-0.1, -0.05) is 42.5 Å². The summed E-state index contributed by atoms with van der Waals surface area (Å²) in [6.07, 6.45) is -4.56. The molecule has 0 aromatic heterocycles. The standard InChI is InChI=1S/C18H17F3N2O.ClH/c19-18(20,21)15-9-5-4-8-13(15)17(24)23-10-14(16(22)11-23)12-6-2-1-3-7-12;/h1-9,14,16H,10-11,22H2;1H/t14-,16+;/m0./s1. The molecule has 2 atom stereocenters. The van der Waals surface area contributed by atoms with Gasteiger partial charge in [-0.2, -0.15) is 13.2 Å². The summed E-state index contributed by atoms with van der Waals surface area (Å²) < 4.78 is 39.4. The topological polar surface area (TPSA) is 46.3 Å². The zero-order valence-electron chi connectivity index (χ0n) is 13.2. The van der Waals surface area contributed by atoms with E-state index in [0.29, 0.717) is 6.54 Å². The second-order valence-electron chi connectivity index (χ2n) is 5.93. The maximum atomic E-state index is 13.1. The maximum absolute atomic E-state index is 13.1. The molecule has 7 heteroatoms. The van der Waals surface area contributed by atoms with Crippen LogP contribution in [-0.2, 0) is 6.18 Å². The average molecular weight is 371 g/mol. The summed E-state index contributed by atoms with van der Waals surface area (Å²) >= 11 is 0. The van der Waals surface area contributed by atoms with Crippen LogP contribution in [-0.4, -0.2) is 29.9 Å². The summed E-state index contributed by atoms with van der Waals surface area (Å²) in [5.41, 5.74) is 5.88. The Morgan fingerprint density at radius 3 is 2.24 bits per heavy atom. The lowest BCUT2D eigenvalue weighted by atomic mass is 9.95. The fourth-order valence-electron chi connectivity index (χ4n) is 3.13. The molecule has 0 aliphatic carbocycles. The fraction of sp³-hybridized carbons (Fsp3) is 0.278. The van der Waals surface area contributed by atoms with Crippen LogP contribution in [0.5, 0.6) is 0 Å². The van der Waals surface area contributed by atoms with Crippen molar-refractivity contribution >= 4 is 18.3 Å². The highest BCUT2D eigenvalue weighted by Crippen LogP contribution is 2.34. The molecule has 1 heterocycles. The van der Waals surface area contributed by atoms with E-state index in [2.05, 4.69) is 0 Å². The Hall–Kier alpha value is -2.05. The lowest BCUT2D eigenvalue weighted by molar-refractivity contribution is -0.138. The number of hydrogen-bond acceptors (Lipinski definition) is 2. The zero-order chi connectivity index (χ0) is 17.3. The van der Waals surface area contributed by atoms with Crippen LogP contribution in [0.2, 0.25) is 0 Å². The lowest BCUT2D eigenvalue weighted by Gasteiger charge is -2.19. The van der Waals surface area contributed by atoms with E-state index in [4.69, 9.17) is 5.73 Å². The first-order valence-electron chi connectivity index (χ1n) is 7.64. The van der Waals surface area contributed by atoms with Gasteiger partial charge in [0, 0.05) is 25.0 Å². The highest BCUT2D eigenvalue weighted by Gasteiger charge is 2.39. The number of carbonyl (C=O) groups is 1. The van der Waals surface area contributed by atoms with Gasteiger partial charge in [-0.3, -0.25) is 4.79 Å². The van der Waals surface area contributed by atoms with Gasteiger partial charge in [0.05, 0.1) is 11.1 Å². The molecule has 1 saturated heterocycles. The van der Waals surface area contributed by atoms with Crippen molar-refractivity contribution in [1.82, 2.24) is 4.90 Å². The van der Waals surface area contributed by atoms with Gasteiger partial charge < -0.3 is 10.6 Å². The van der Waals surface area contributed by atoms with Crippen molar-refractivity contribution in [3.8, 4) is 0 Å². The minimum atomic E-state index is -4.56. The molecule has 0 unspecified atom stereocenters. The van der Waals surface area contributed by atoms with E-state index in [1.807, 2.05) is 30.3 Å².